The van der Waals surface area contributed by atoms with E-state index in [-0.39, 0.29) is 6.42 Å². The van der Waals surface area contributed by atoms with Crippen LogP contribution in [0.25, 0.3) is 0 Å². The minimum atomic E-state index is -0.820. The maximum atomic E-state index is 10.4. The van der Waals surface area contributed by atoms with E-state index in [1.165, 1.54) is 17.7 Å². The summed E-state index contributed by atoms with van der Waals surface area (Å²) in [6, 6.07) is 0. The Bertz CT molecular complexity index is 482. The van der Waals surface area contributed by atoms with Crippen molar-refractivity contribution < 1.29 is 14.4 Å². The second kappa shape index (κ2) is 5.39. The zero-order valence-electron chi connectivity index (χ0n) is 8.79. The molecule has 2 aromatic rings. The summed E-state index contributed by atoms with van der Waals surface area (Å²) in [6.45, 7) is 0.433. The van der Waals surface area contributed by atoms with Crippen LogP contribution in [0.5, 0.6) is 0 Å². The summed E-state index contributed by atoms with van der Waals surface area (Å²) in [5, 5.41) is 17.8. The number of carboxylic acids is 1. The molecule has 0 atom stereocenters. The summed E-state index contributed by atoms with van der Waals surface area (Å²) in [5.74, 6) is -0.272. The van der Waals surface area contributed by atoms with Crippen molar-refractivity contribution in [3.8, 4) is 0 Å². The minimum Gasteiger partial charge on any atom is -0.481 e. The van der Waals surface area contributed by atoms with Crippen molar-refractivity contribution >= 4 is 22.4 Å². The number of carbonyl (C=O) groups is 1. The molecule has 0 bridgehead atoms. The van der Waals surface area contributed by atoms with E-state index in [0.717, 1.165) is 10.8 Å². The number of aryl methyl sites for hydroxylation is 1. The van der Waals surface area contributed by atoms with Gasteiger partial charge >= 0.3 is 5.97 Å². The first kappa shape index (κ1) is 11.5. The predicted molar refractivity (Wildman–Crippen MR) is 59.7 cm³/mol. The molecular weight excluding hydrogens is 244 g/mol. The molecule has 8 heteroatoms. The molecule has 0 saturated carbocycles. The highest BCUT2D eigenvalue weighted by Crippen LogP contribution is 2.16. The number of hydrogen-bond acceptors (Lipinski definition) is 7. The fourth-order valence-corrected chi connectivity index (χ4v) is 1.91. The summed E-state index contributed by atoms with van der Waals surface area (Å²) in [4.78, 5) is 18.5. The third kappa shape index (κ3) is 3.52. The fraction of sp³-hybridized carbons (Fsp3) is 0.333. The van der Waals surface area contributed by atoms with E-state index in [2.05, 4.69) is 25.0 Å². The average molecular weight is 254 g/mol. The molecule has 0 aliphatic carbocycles. The molecule has 0 amide bonds. The van der Waals surface area contributed by atoms with E-state index >= 15 is 0 Å². The molecule has 17 heavy (non-hydrogen) atoms. The number of aliphatic carboxylic acids is 1. The van der Waals surface area contributed by atoms with Gasteiger partial charge in [0.1, 0.15) is 0 Å². The zero-order chi connectivity index (χ0) is 12.1. The molecule has 0 radical (unpaired) electrons. The Balaban J connectivity index is 1.83. The zero-order valence-corrected chi connectivity index (χ0v) is 9.61. The van der Waals surface area contributed by atoms with Crippen molar-refractivity contribution in [3.05, 3.63) is 23.3 Å². The summed E-state index contributed by atoms with van der Waals surface area (Å²) >= 11 is 1.42. The predicted octanol–water partition coefficient (Wildman–Crippen LogP) is 1.16. The van der Waals surface area contributed by atoms with E-state index in [0.29, 0.717) is 18.8 Å². The molecule has 0 aliphatic rings. The Morgan fingerprint density at radius 3 is 3.18 bits per heavy atom. The van der Waals surface area contributed by atoms with Crippen molar-refractivity contribution in [2.45, 2.75) is 19.4 Å². The summed E-state index contributed by atoms with van der Waals surface area (Å²) in [7, 11) is 0. The Morgan fingerprint density at radius 2 is 2.47 bits per heavy atom. The van der Waals surface area contributed by atoms with Crippen LogP contribution in [0.1, 0.15) is 17.9 Å². The Hall–Kier alpha value is -1.96. The number of aromatic nitrogens is 3. The van der Waals surface area contributed by atoms with Gasteiger partial charge in [-0.1, -0.05) is 5.16 Å². The molecular formula is C9H10N4O3S. The van der Waals surface area contributed by atoms with Gasteiger partial charge < -0.3 is 14.9 Å². The molecule has 0 aromatic carbocycles. The number of nitrogens with zero attached hydrogens (tertiary/aromatic N) is 3. The van der Waals surface area contributed by atoms with Crippen molar-refractivity contribution in [1.29, 1.82) is 0 Å². The molecule has 7 nitrogen and oxygen atoms in total. The van der Waals surface area contributed by atoms with Crippen LogP contribution >= 0.6 is 11.3 Å². The molecule has 0 saturated heterocycles. The average Bonchev–Trinajstić information content (AvgIpc) is 2.95. The molecule has 2 aromatic heterocycles. The first-order chi connectivity index (χ1) is 8.24. The van der Waals surface area contributed by atoms with Crippen molar-refractivity contribution in [2.75, 3.05) is 5.32 Å². The summed E-state index contributed by atoms with van der Waals surface area (Å²) in [6.07, 6.45) is 1.79. The van der Waals surface area contributed by atoms with Gasteiger partial charge in [0.15, 0.2) is 11.0 Å². The van der Waals surface area contributed by atoms with Crippen molar-refractivity contribution in [3.63, 3.8) is 0 Å². The fourth-order valence-electron chi connectivity index (χ4n) is 1.16. The third-order valence-corrected chi connectivity index (χ3v) is 2.80. The molecule has 2 rings (SSSR count). The highest BCUT2D eigenvalue weighted by atomic mass is 32.1. The maximum absolute atomic E-state index is 10.4. The van der Waals surface area contributed by atoms with E-state index in [1.807, 2.05) is 5.38 Å². The van der Waals surface area contributed by atoms with E-state index < -0.39 is 5.97 Å². The SMILES string of the molecule is O=C(O)CCc1csc(NCc2ncon2)n1. The summed E-state index contributed by atoms with van der Waals surface area (Å²) < 4.78 is 4.59. The largest absolute Gasteiger partial charge is 0.481 e. The van der Waals surface area contributed by atoms with Gasteiger partial charge in [-0.25, -0.2) is 4.98 Å². The highest BCUT2D eigenvalue weighted by Gasteiger charge is 2.05. The van der Waals surface area contributed by atoms with E-state index in [4.69, 9.17) is 5.11 Å². The smallest absolute Gasteiger partial charge is 0.303 e. The standard InChI is InChI=1S/C9H10N4O3S/c14-8(15)2-1-6-4-17-9(12-6)10-3-7-11-5-16-13-7/h4-5H,1-3H2,(H,10,12)(H,14,15). The molecule has 0 aliphatic heterocycles. The van der Waals surface area contributed by atoms with Crippen LogP contribution in [0.3, 0.4) is 0 Å². The second-order valence-electron chi connectivity index (χ2n) is 3.24. The molecule has 0 spiro atoms. The number of anilines is 1. The lowest BCUT2D eigenvalue weighted by Crippen LogP contribution is -2.01. The van der Waals surface area contributed by atoms with Crippen LogP contribution in [0.15, 0.2) is 16.3 Å². The third-order valence-electron chi connectivity index (χ3n) is 1.95. The lowest BCUT2D eigenvalue weighted by molar-refractivity contribution is -0.136. The first-order valence-corrected chi connectivity index (χ1v) is 5.77. The second-order valence-corrected chi connectivity index (χ2v) is 4.10. The van der Waals surface area contributed by atoms with Crippen LogP contribution in [0, 0.1) is 0 Å². The number of nitrogens with one attached hydrogen (secondary N) is 1. The van der Waals surface area contributed by atoms with Crippen LogP contribution in [0.4, 0.5) is 5.13 Å². The van der Waals surface area contributed by atoms with Crippen molar-refractivity contribution in [2.24, 2.45) is 0 Å². The van der Waals surface area contributed by atoms with Crippen LogP contribution in [-0.2, 0) is 17.8 Å². The molecule has 90 valence electrons. The number of carboxylic acid groups (broad SMARTS) is 1. The van der Waals surface area contributed by atoms with Gasteiger partial charge in [-0.3, -0.25) is 4.79 Å². The minimum absolute atomic E-state index is 0.0913. The monoisotopic (exact) mass is 254 g/mol. The van der Waals surface area contributed by atoms with Crippen molar-refractivity contribution in [1.82, 2.24) is 15.1 Å². The quantitative estimate of drug-likeness (QED) is 0.797. The molecule has 0 fully saturated rings. The first-order valence-electron chi connectivity index (χ1n) is 4.89. The number of hydrogen-bond donors (Lipinski definition) is 2. The Kier molecular flexibility index (Phi) is 3.66. The number of rotatable bonds is 6. The van der Waals surface area contributed by atoms with Gasteiger partial charge in [-0.15, -0.1) is 11.3 Å². The normalized spacial score (nSPS) is 10.4. The lowest BCUT2D eigenvalue weighted by atomic mass is 10.2. The molecule has 2 heterocycles. The van der Waals surface area contributed by atoms with Gasteiger partial charge in [0.2, 0.25) is 6.39 Å². The van der Waals surface area contributed by atoms with Crippen LogP contribution in [-0.4, -0.2) is 26.2 Å². The van der Waals surface area contributed by atoms with E-state index in [9.17, 15) is 4.79 Å². The van der Waals surface area contributed by atoms with Gasteiger partial charge in [-0.05, 0) is 0 Å². The highest BCUT2D eigenvalue weighted by molar-refractivity contribution is 7.13. The van der Waals surface area contributed by atoms with Gasteiger partial charge in [0.05, 0.1) is 18.7 Å². The Labute approximate surface area is 100 Å². The van der Waals surface area contributed by atoms with Gasteiger partial charge in [0.25, 0.3) is 0 Å². The maximum Gasteiger partial charge on any atom is 0.303 e. The van der Waals surface area contributed by atoms with Gasteiger partial charge in [0, 0.05) is 11.8 Å². The molecule has 2 N–H and O–H groups in total. The topological polar surface area (TPSA) is 101 Å². The van der Waals surface area contributed by atoms with Crippen LogP contribution in [0.2, 0.25) is 0 Å². The Morgan fingerprint density at radius 1 is 1.59 bits per heavy atom. The summed E-state index contributed by atoms with van der Waals surface area (Å²) in [5.41, 5.74) is 0.771. The van der Waals surface area contributed by atoms with Gasteiger partial charge in [-0.2, -0.15) is 4.98 Å². The molecule has 0 unspecified atom stereocenters. The van der Waals surface area contributed by atoms with Crippen LogP contribution < -0.4 is 5.32 Å². The lowest BCUT2D eigenvalue weighted by Gasteiger charge is -1.96. The number of thiazole rings is 1. The van der Waals surface area contributed by atoms with E-state index in [1.54, 1.807) is 0 Å².